The number of aromatic amines is 1. The molecule has 0 bridgehead atoms. The third-order valence-corrected chi connectivity index (χ3v) is 2.38. The molecule has 1 aromatic carbocycles. The van der Waals surface area contributed by atoms with Gasteiger partial charge in [0.1, 0.15) is 0 Å². The van der Waals surface area contributed by atoms with Crippen molar-refractivity contribution < 1.29 is 4.79 Å². The lowest BCUT2D eigenvalue weighted by Crippen LogP contribution is -2.24. The van der Waals surface area contributed by atoms with Crippen LogP contribution in [0.15, 0.2) is 42.6 Å². The largest absolute Gasteiger partial charge is 0.360 e. The highest BCUT2D eigenvalue weighted by atomic mass is 16.1. The molecule has 0 aliphatic carbocycles. The first-order valence-corrected chi connectivity index (χ1v) is 5.17. The van der Waals surface area contributed by atoms with Gasteiger partial charge < -0.3 is 10.3 Å². The summed E-state index contributed by atoms with van der Waals surface area (Å²) in [4.78, 5) is 14.9. The van der Waals surface area contributed by atoms with Gasteiger partial charge in [-0.3, -0.25) is 4.79 Å². The molecule has 3 heteroatoms. The summed E-state index contributed by atoms with van der Waals surface area (Å²) in [5, 5.41) is 3.76. The zero-order chi connectivity index (χ0) is 11.5. The first kappa shape index (κ1) is 10.5. The molecule has 0 atom stereocenters. The molecule has 82 valence electrons. The van der Waals surface area contributed by atoms with Crippen LogP contribution in [0, 0.1) is 0 Å². The first-order valence-electron chi connectivity index (χ1n) is 5.17. The maximum absolute atomic E-state index is 11.9. The Labute approximate surface area is 94.2 Å². The van der Waals surface area contributed by atoms with Crippen LogP contribution in [-0.4, -0.2) is 17.4 Å². The molecule has 1 heterocycles. The van der Waals surface area contributed by atoms with Gasteiger partial charge in [-0.05, 0) is 13.0 Å². The normalized spacial score (nSPS) is 10.3. The second kappa shape index (κ2) is 4.23. The average molecular weight is 214 g/mol. The summed E-state index contributed by atoms with van der Waals surface area (Å²) in [5.74, 6) is -0.0690. The minimum Gasteiger partial charge on any atom is -0.360 e. The van der Waals surface area contributed by atoms with E-state index in [0.717, 1.165) is 16.5 Å². The second-order valence-electron chi connectivity index (χ2n) is 3.89. The molecule has 2 N–H and O–H groups in total. The van der Waals surface area contributed by atoms with Crippen LogP contribution in [0.3, 0.4) is 0 Å². The van der Waals surface area contributed by atoms with E-state index < -0.39 is 0 Å². The summed E-state index contributed by atoms with van der Waals surface area (Å²) in [5.41, 5.74) is 2.59. The summed E-state index contributed by atoms with van der Waals surface area (Å²) in [6, 6.07) is 7.74. The summed E-state index contributed by atoms with van der Waals surface area (Å²) in [6.45, 7) is 6.14. The van der Waals surface area contributed by atoms with Crippen LogP contribution in [0.1, 0.15) is 17.3 Å². The van der Waals surface area contributed by atoms with Crippen LogP contribution < -0.4 is 5.32 Å². The summed E-state index contributed by atoms with van der Waals surface area (Å²) >= 11 is 0. The summed E-state index contributed by atoms with van der Waals surface area (Å²) < 4.78 is 0. The number of para-hydroxylation sites is 1. The highest BCUT2D eigenvalue weighted by Gasteiger charge is 2.10. The van der Waals surface area contributed by atoms with Crippen molar-refractivity contribution in [2.24, 2.45) is 0 Å². The molecular weight excluding hydrogens is 200 g/mol. The van der Waals surface area contributed by atoms with Crippen molar-refractivity contribution in [1.82, 2.24) is 10.3 Å². The number of aromatic nitrogens is 1. The summed E-state index contributed by atoms with van der Waals surface area (Å²) in [7, 11) is 0. The van der Waals surface area contributed by atoms with Crippen LogP contribution >= 0.6 is 0 Å². The van der Waals surface area contributed by atoms with Gasteiger partial charge in [-0.1, -0.05) is 30.4 Å². The van der Waals surface area contributed by atoms with E-state index in [1.807, 2.05) is 31.2 Å². The molecule has 2 aromatic rings. The zero-order valence-corrected chi connectivity index (χ0v) is 9.21. The van der Waals surface area contributed by atoms with Crippen molar-refractivity contribution in [2.45, 2.75) is 6.92 Å². The number of hydrogen-bond donors (Lipinski definition) is 2. The monoisotopic (exact) mass is 214 g/mol. The SMILES string of the molecule is C=C(C)CNC(=O)c1c[nH]c2ccccc12. The molecule has 0 fully saturated rings. The smallest absolute Gasteiger partial charge is 0.253 e. The number of rotatable bonds is 3. The van der Waals surface area contributed by atoms with Crippen molar-refractivity contribution >= 4 is 16.8 Å². The van der Waals surface area contributed by atoms with E-state index in [1.165, 1.54) is 0 Å². The molecule has 0 radical (unpaired) electrons. The van der Waals surface area contributed by atoms with Crippen molar-refractivity contribution in [1.29, 1.82) is 0 Å². The van der Waals surface area contributed by atoms with Gasteiger partial charge in [-0.15, -0.1) is 0 Å². The van der Waals surface area contributed by atoms with E-state index in [1.54, 1.807) is 6.20 Å². The number of fused-ring (bicyclic) bond motifs is 1. The molecule has 0 saturated heterocycles. The lowest BCUT2D eigenvalue weighted by atomic mass is 10.1. The fourth-order valence-corrected chi connectivity index (χ4v) is 1.59. The maximum atomic E-state index is 11.9. The van der Waals surface area contributed by atoms with Crippen LogP contribution in [0.25, 0.3) is 10.9 Å². The van der Waals surface area contributed by atoms with Gasteiger partial charge in [-0.25, -0.2) is 0 Å². The molecule has 0 aliphatic heterocycles. The Kier molecular flexibility index (Phi) is 2.77. The van der Waals surface area contributed by atoms with Crippen LogP contribution in [0.5, 0.6) is 0 Å². The van der Waals surface area contributed by atoms with Gasteiger partial charge in [0, 0.05) is 23.6 Å². The first-order chi connectivity index (χ1) is 7.68. The maximum Gasteiger partial charge on any atom is 0.253 e. The Morgan fingerprint density at radius 2 is 2.19 bits per heavy atom. The Hall–Kier alpha value is -2.03. The number of carbonyl (C=O) groups is 1. The fraction of sp³-hybridized carbons (Fsp3) is 0.154. The van der Waals surface area contributed by atoms with Gasteiger partial charge in [0.15, 0.2) is 0 Å². The predicted molar refractivity (Wildman–Crippen MR) is 65.4 cm³/mol. The van der Waals surface area contributed by atoms with Gasteiger partial charge >= 0.3 is 0 Å². The number of amides is 1. The minimum atomic E-state index is -0.0690. The Morgan fingerprint density at radius 3 is 2.94 bits per heavy atom. The van der Waals surface area contributed by atoms with Crippen molar-refractivity contribution in [2.75, 3.05) is 6.54 Å². The third-order valence-electron chi connectivity index (χ3n) is 2.38. The Bertz CT molecular complexity index is 540. The molecule has 1 amide bonds. The van der Waals surface area contributed by atoms with Crippen LogP contribution in [0.4, 0.5) is 0 Å². The molecule has 1 aromatic heterocycles. The second-order valence-corrected chi connectivity index (χ2v) is 3.89. The van der Waals surface area contributed by atoms with E-state index in [0.29, 0.717) is 12.1 Å². The van der Waals surface area contributed by atoms with Crippen molar-refractivity contribution in [3.8, 4) is 0 Å². The topological polar surface area (TPSA) is 44.9 Å². The lowest BCUT2D eigenvalue weighted by Gasteiger charge is -2.03. The highest BCUT2D eigenvalue weighted by molar-refractivity contribution is 6.06. The fourth-order valence-electron chi connectivity index (χ4n) is 1.59. The molecule has 0 saturated carbocycles. The van der Waals surface area contributed by atoms with E-state index in [4.69, 9.17) is 0 Å². The third kappa shape index (κ3) is 1.98. The number of hydrogen-bond acceptors (Lipinski definition) is 1. The van der Waals surface area contributed by atoms with E-state index in [9.17, 15) is 4.79 Å². The van der Waals surface area contributed by atoms with Gasteiger partial charge in [-0.2, -0.15) is 0 Å². The summed E-state index contributed by atoms with van der Waals surface area (Å²) in [6.07, 6.45) is 1.73. The number of carbonyl (C=O) groups excluding carboxylic acids is 1. The zero-order valence-electron chi connectivity index (χ0n) is 9.21. The van der Waals surface area contributed by atoms with Crippen LogP contribution in [-0.2, 0) is 0 Å². The quantitative estimate of drug-likeness (QED) is 0.757. The molecule has 16 heavy (non-hydrogen) atoms. The van der Waals surface area contributed by atoms with Gasteiger partial charge in [0.25, 0.3) is 5.91 Å². The van der Waals surface area contributed by atoms with E-state index in [-0.39, 0.29) is 5.91 Å². The molecule has 0 unspecified atom stereocenters. The predicted octanol–water partition coefficient (Wildman–Crippen LogP) is 2.47. The lowest BCUT2D eigenvalue weighted by molar-refractivity contribution is 0.0958. The molecular formula is C13H14N2O. The molecule has 3 nitrogen and oxygen atoms in total. The van der Waals surface area contributed by atoms with Gasteiger partial charge in [0.2, 0.25) is 0 Å². The Morgan fingerprint density at radius 1 is 1.44 bits per heavy atom. The molecule has 2 rings (SSSR count). The van der Waals surface area contributed by atoms with Crippen molar-refractivity contribution in [3.05, 3.63) is 48.2 Å². The van der Waals surface area contributed by atoms with Crippen LogP contribution in [0.2, 0.25) is 0 Å². The molecule has 0 spiro atoms. The number of H-pyrrole nitrogens is 1. The van der Waals surface area contributed by atoms with E-state index in [2.05, 4.69) is 16.9 Å². The Balaban J connectivity index is 2.26. The minimum absolute atomic E-state index is 0.0690. The average Bonchev–Trinajstić information content (AvgIpc) is 2.69. The number of nitrogens with one attached hydrogen (secondary N) is 2. The number of benzene rings is 1. The highest BCUT2D eigenvalue weighted by Crippen LogP contribution is 2.17. The molecule has 0 aliphatic rings. The van der Waals surface area contributed by atoms with E-state index >= 15 is 0 Å². The van der Waals surface area contributed by atoms with Crippen molar-refractivity contribution in [3.63, 3.8) is 0 Å². The standard InChI is InChI=1S/C13H14N2O/c1-9(2)7-15-13(16)11-8-14-12-6-4-3-5-10(11)12/h3-6,8,14H,1,7H2,2H3,(H,15,16). The van der Waals surface area contributed by atoms with Gasteiger partial charge in [0.05, 0.1) is 5.56 Å².